The van der Waals surface area contributed by atoms with Gasteiger partial charge in [-0.15, -0.1) is 0 Å². The second kappa shape index (κ2) is 15.4. The standard InChI is InChI=1S/C21H23FN6O.C17H17FN6O2S/c22-15-7-14(17-3-4-18-19(26-17)20(23)25-13-24-18)8-16(9-15)27-21(11-29-12-21)10-28-5-1-2-6-28;18-12-7-11(14-3-4-15-16(22-14)17(19)21-10-20-15)8-13(9-12)23-27(25,26)24-5-1-2-6-24/h3-4,7-9,13,27H,1-2,5-6,10-12H2,(H2,23,24,25);3-4,7-10,23H,1-2,5-6H2,(H2,19,20,21). The summed E-state index contributed by atoms with van der Waals surface area (Å²) < 4.78 is 62.7. The molecule has 18 heteroatoms. The molecule has 56 heavy (non-hydrogen) atoms. The highest BCUT2D eigenvalue weighted by molar-refractivity contribution is 7.90. The van der Waals surface area contributed by atoms with Crippen LogP contribution in [-0.2, 0) is 14.9 Å². The molecule has 0 amide bonds. The lowest BCUT2D eigenvalue weighted by molar-refractivity contribution is -0.0535. The molecule has 6 aromatic rings. The summed E-state index contributed by atoms with van der Waals surface area (Å²) in [4.78, 5) is 27.6. The number of nitrogens with two attached hydrogens (primary N) is 2. The van der Waals surface area contributed by atoms with Crippen LogP contribution >= 0.6 is 0 Å². The minimum atomic E-state index is -3.71. The lowest BCUT2D eigenvalue weighted by Crippen LogP contribution is -2.61. The predicted molar refractivity (Wildman–Crippen MR) is 210 cm³/mol. The summed E-state index contributed by atoms with van der Waals surface area (Å²) in [5.41, 5.74) is 16.7. The fourth-order valence-corrected chi connectivity index (χ4v) is 8.50. The lowest BCUT2D eigenvalue weighted by atomic mass is 9.95. The quantitative estimate of drug-likeness (QED) is 0.155. The second-order valence-electron chi connectivity index (χ2n) is 14.2. The number of hydrogen-bond acceptors (Lipinski definition) is 13. The molecule has 9 rings (SSSR count). The van der Waals surface area contributed by atoms with E-state index in [0.29, 0.717) is 76.7 Å². The molecule has 3 aliphatic heterocycles. The molecule has 3 aliphatic rings. The summed E-state index contributed by atoms with van der Waals surface area (Å²) in [6.45, 7) is 5.30. The Morgan fingerprint density at radius 1 is 0.696 bits per heavy atom. The van der Waals surface area contributed by atoms with Crippen LogP contribution in [0.2, 0.25) is 0 Å². The molecular formula is C38H40F2N12O3S. The van der Waals surface area contributed by atoms with Crippen LogP contribution < -0.4 is 21.5 Å². The summed E-state index contributed by atoms with van der Waals surface area (Å²) in [5, 5.41) is 3.53. The first kappa shape index (κ1) is 37.2. The molecule has 3 fully saturated rings. The number of pyridine rings is 2. The maximum absolute atomic E-state index is 14.4. The third kappa shape index (κ3) is 8.13. The van der Waals surface area contributed by atoms with E-state index in [4.69, 9.17) is 16.2 Å². The summed E-state index contributed by atoms with van der Waals surface area (Å²) in [7, 11) is -3.71. The van der Waals surface area contributed by atoms with Crippen LogP contribution in [0.25, 0.3) is 44.6 Å². The molecule has 0 aliphatic carbocycles. The van der Waals surface area contributed by atoms with Crippen molar-refractivity contribution in [1.29, 1.82) is 0 Å². The SMILES string of the molecule is Nc1ncnc2ccc(-c3cc(F)cc(NC4(CN5CCCC5)COC4)c3)nc12.Nc1ncnc2ccc(-c3cc(F)cc(NS(=O)(=O)N4CCCC4)c3)nc12. The van der Waals surface area contributed by atoms with Gasteiger partial charge in [-0.3, -0.25) is 4.72 Å². The number of aromatic nitrogens is 6. The van der Waals surface area contributed by atoms with Gasteiger partial charge in [-0.25, -0.2) is 38.7 Å². The Morgan fingerprint density at radius 2 is 1.21 bits per heavy atom. The van der Waals surface area contributed by atoms with E-state index in [1.807, 2.05) is 18.2 Å². The van der Waals surface area contributed by atoms with E-state index in [0.717, 1.165) is 44.2 Å². The highest BCUT2D eigenvalue weighted by atomic mass is 32.2. The molecule has 0 atom stereocenters. The highest BCUT2D eigenvalue weighted by Crippen LogP contribution is 2.31. The number of nitrogens with zero attached hydrogens (tertiary/aromatic N) is 8. The van der Waals surface area contributed by atoms with Crippen LogP contribution in [0.3, 0.4) is 0 Å². The summed E-state index contributed by atoms with van der Waals surface area (Å²) >= 11 is 0. The van der Waals surface area contributed by atoms with Crippen LogP contribution in [0.15, 0.2) is 73.3 Å². The first-order valence-corrected chi connectivity index (χ1v) is 19.7. The maximum Gasteiger partial charge on any atom is 0.301 e. The Bertz CT molecular complexity index is 2510. The molecule has 6 N–H and O–H groups in total. The number of nitrogen functional groups attached to an aromatic ring is 2. The Labute approximate surface area is 321 Å². The molecule has 4 aromatic heterocycles. The zero-order valence-electron chi connectivity index (χ0n) is 30.3. The van der Waals surface area contributed by atoms with Crippen LogP contribution in [0.1, 0.15) is 25.7 Å². The van der Waals surface area contributed by atoms with Crippen molar-refractivity contribution < 1.29 is 21.9 Å². The van der Waals surface area contributed by atoms with E-state index in [-0.39, 0.29) is 22.9 Å². The van der Waals surface area contributed by atoms with Gasteiger partial charge in [-0.2, -0.15) is 12.7 Å². The molecule has 15 nitrogen and oxygen atoms in total. The Kier molecular flexibility index (Phi) is 10.3. The number of ether oxygens (including phenoxy) is 1. The normalized spacial score (nSPS) is 17.0. The Morgan fingerprint density at radius 3 is 1.75 bits per heavy atom. The van der Waals surface area contributed by atoms with Gasteiger partial charge in [0.1, 0.15) is 35.3 Å². The summed E-state index contributed by atoms with van der Waals surface area (Å²) in [6, 6.07) is 15.9. The number of rotatable bonds is 9. The lowest BCUT2D eigenvalue weighted by Gasteiger charge is -2.45. The van der Waals surface area contributed by atoms with Gasteiger partial charge in [-0.05, 0) is 99.4 Å². The fraction of sp³-hybridized carbons (Fsp3) is 0.316. The minimum Gasteiger partial charge on any atom is -0.382 e. The summed E-state index contributed by atoms with van der Waals surface area (Å²) in [5.74, 6) is -0.373. The van der Waals surface area contributed by atoms with Crippen molar-refractivity contribution in [3.05, 3.63) is 85.0 Å². The molecule has 2 aromatic carbocycles. The monoisotopic (exact) mass is 782 g/mol. The Balaban J connectivity index is 0.000000158. The highest BCUT2D eigenvalue weighted by Gasteiger charge is 2.40. The van der Waals surface area contributed by atoms with Gasteiger partial charge in [0.25, 0.3) is 0 Å². The Hall–Kier alpha value is -5.69. The van der Waals surface area contributed by atoms with Crippen molar-refractivity contribution in [1.82, 2.24) is 39.1 Å². The first-order chi connectivity index (χ1) is 27.0. The second-order valence-corrected chi connectivity index (χ2v) is 15.9. The van der Waals surface area contributed by atoms with Gasteiger partial charge in [0, 0.05) is 36.4 Å². The summed E-state index contributed by atoms with van der Waals surface area (Å²) in [6.07, 6.45) is 6.86. The van der Waals surface area contributed by atoms with Crippen molar-refractivity contribution in [2.24, 2.45) is 0 Å². The van der Waals surface area contributed by atoms with Gasteiger partial charge < -0.3 is 26.4 Å². The van der Waals surface area contributed by atoms with E-state index in [9.17, 15) is 17.2 Å². The molecule has 0 unspecified atom stereocenters. The molecular weight excluding hydrogens is 743 g/mol. The number of fused-ring (bicyclic) bond motifs is 2. The van der Waals surface area contributed by atoms with E-state index in [1.54, 1.807) is 12.1 Å². The zero-order chi connectivity index (χ0) is 38.9. The topological polar surface area (TPSA) is 203 Å². The van der Waals surface area contributed by atoms with Gasteiger partial charge in [0.15, 0.2) is 11.6 Å². The van der Waals surface area contributed by atoms with E-state index in [1.165, 1.54) is 54.1 Å². The smallest absolute Gasteiger partial charge is 0.301 e. The van der Waals surface area contributed by atoms with Crippen LogP contribution in [0.4, 0.5) is 31.8 Å². The first-order valence-electron chi connectivity index (χ1n) is 18.3. The maximum atomic E-state index is 14.4. The van der Waals surface area contributed by atoms with Crippen molar-refractivity contribution in [2.45, 2.75) is 31.2 Å². The number of halogens is 2. The van der Waals surface area contributed by atoms with Gasteiger partial charge in [0.2, 0.25) is 0 Å². The van der Waals surface area contributed by atoms with Gasteiger partial charge in [-0.1, -0.05) is 0 Å². The third-order valence-electron chi connectivity index (χ3n) is 9.95. The number of likely N-dealkylation sites (tertiary alicyclic amines) is 1. The molecule has 7 heterocycles. The molecule has 0 bridgehead atoms. The van der Waals surface area contributed by atoms with Crippen LogP contribution in [0, 0.1) is 11.6 Å². The van der Waals surface area contributed by atoms with E-state index in [2.05, 4.69) is 44.8 Å². The number of benzene rings is 2. The number of anilines is 4. The molecule has 0 saturated carbocycles. The number of hydrogen-bond donors (Lipinski definition) is 4. The zero-order valence-corrected chi connectivity index (χ0v) is 31.1. The molecule has 0 radical (unpaired) electrons. The fourth-order valence-electron chi connectivity index (χ4n) is 7.21. The van der Waals surface area contributed by atoms with Gasteiger partial charge in [0.05, 0.1) is 46.9 Å². The minimum absolute atomic E-state index is 0.135. The van der Waals surface area contributed by atoms with Crippen molar-refractivity contribution in [2.75, 3.05) is 67.4 Å². The van der Waals surface area contributed by atoms with Gasteiger partial charge >= 0.3 is 10.2 Å². The van der Waals surface area contributed by atoms with Crippen LogP contribution in [-0.4, -0.2) is 99.0 Å². The molecule has 3 saturated heterocycles. The molecule has 0 spiro atoms. The van der Waals surface area contributed by atoms with Crippen molar-refractivity contribution in [3.8, 4) is 22.5 Å². The largest absolute Gasteiger partial charge is 0.382 e. The van der Waals surface area contributed by atoms with E-state index < -0.39 is 16.0 Å². The average molecular weight is 783 g/mol. The van der Waals surface area contributed by atoms with Crippen molar-refractivity contribution >= 4 is 55.3 Å². The van der Waals surface area contributed by atoms with Crippen molar-refractivity contribution in [3.63, 3.8) is 0 Å². The molecule has 290 valence electrons. The predicted octanol–water partition coefficient (Wildman–Crippen LogP) is 4.86. The third-order valence-corrected chi connectivity index (χ3v) is 11.5. The van der Waals surface area contributed by atoms with E-state index >= 15 is 0 Å². The average Bonchev–Trinajstić information content (AvgIpc) is 3.90. The van der Waals surface area contributed by atoms with Crippen LogP contribution in [0.5, 0.6) is 0 Å². The number of nitrogens with one attached hydrogen (secondary N) is 2.